The molecule has 0 N–H and O–H groups in total. The molecule has 1 aliphatic rings. The zero-order valence-corrected chi connectivity index (χ0v) is 17.5. The van der Waals surface area contributed by atoms with Crippen LogP contribution in [-0.2, 0) is 9.53 Å². The van der Waals surface area contributed by atoms with E-state index in [1.165, 1.54) is 11.1 Å². The normalized spacial score (nSPS) is 19.0. The van der Waals surface area contributed by atoms with Crippen LogP contribution < -0.4 is 0 Å². The van der Waals surface area contributed by atoms with Gasteiger partial charge in [0, 0.05) is 25.7 Å². The molecule has 1 fully saturated rings. The summed E-state index contributed by atoms with van der Waals surface area (Å²) in [5, 5.41) is 0. The fourth-order valence-corrected chi connectivity index (χ4v) is 3.92. The van der Waals surface area contributed by atoms with Crippen molar-refractivity contribution in [3.63, 3.8) is 0 Å². The molecule has 3 rings (SSSR count). The molecule has 4 nitrogen and oxygen atoms in total. The Labute approximate surface area is 169 Å². The van der Waals surface area contributed by atoms with Crippen LogP contribution in [0.2, 0.25) is 0 Å². The molecule has 1 saturated heterocycles. The summed E-state index contributed by atoms with van der Waals surface area (Å²) < 4.78 is 5.51. The first-order valence-electron chi connectivity index (χ1n) is 10.1. The first-order chi connectivity index (χ1) is 13.3. The number of nitrogens with zero attached hydrogens (tertiary/aromatic N) is 2. The van der Waals surface area contributed by atoms with Crippen molar-refractivity contribution in [1.82, 2.24) is 9.80 Å². The standard InChI is InChI=1S/C24H32N2O2/c1-19-17-26(16-15-25(19)18-22(27)28-24(2,3)4)23(20-11-7-5-8-12-20)21-13-9-6-10-14-21/h5-14,19,23H,15-18H2,1-4H3. The van der Waals surface area contributed by atoms with Gasteiger partial charge >= 0.3 is 5.97 Å². The first kappa shape index (κ1) is 20.6. The number of rotatable bonds is 5. The minimum atomic E-state index is -0.437. The number of carbonyl (C=O) groups excluding carboxylic acids is 1. The molecule has 0 aromatic heterocycles. The topological polar surface area (TPSA) is 32.8 Å². The maximum atomic E-state index is 12.3. The van der Waals surface area contributed by atoms with Gasteiger partial charge in [-0.3, -0.25) is 14.6 Å². The van der Waals surface area contributed by atoms with E-state index < -0.39 is 5.60 Å². The Morgan fingerprint density at radius 2 is 1.54 bits per heavy atom. The van der Waals surface area contributed by atoms with Gasteiger partial charge in [-0.25, -0.2) is 0 Å². The van der Waals surface area contributed by atoms with E-state index in [0.717, 1.165) is 19.6 Å². The van der Waals surface area contributed by atoms with Crippen molar-refractivity contribution in [3.8, 4) is 0 Å². The number of piperazine rings is 1. The van der Waals surface area contributed by atoms with E-state index in [2.05, 4.69) is 77.4 Å². The summed E-state index contributed by atoms with van der Waals surface area (Å²) in [7, 11) is 0. The van der Waals surface area contributed by atoms with Crippen LogP contribution in [0.3, 0.4) is 0 Å². The molecule has 2 aromatic carbocycles. The van der Waals surface area contributed by atoms with E-state index in [9.17, 15) is 4.79 Å². The lowest BCUT2D eigenvalue weighted by Gasteiger charge is -2.43. The van der Waals surface area contributed by atoms with Crippen LogP contribution in [0.25, 0.3) is 0 Å². The fourth-order valence-electron chi connectivity index (χ4n) is 3.92. The van der Waals surface area contributed by atoms with Crippen molar-refractivity contribution in [3.05, 3.63) is 71.8 Å². The lowest BCUT2D eigenvalue weighted by atomic mass is 9.95. The lowest BCUT2D eigenvalue weighted by molar-refractivity contribution is -0.157. The summed E-state index contributed by atoms with van der Waals surface area (Å²) in [5.41, 5.74) is 2.18. The molecule has 1 heterocycles. The second-order valence-electron chi connectivity index (χ2n) is 8.62. The lowest BCUT2D eigenvalue weighted by Crippen LogP contribution is -2.54. The SMILES string of the molecule is CC1CN(C(c2ccccc2)c2ccccc2)CCN1CC(=O)OC(C)(C)C. The molecule has 1 atom stereocenters. The first-order valence-corrected chi connectivity index (χ1v) is 10.1. The van der Waals surface area contributed by atoms with Gasteiger partial charge in [0.25, 0.3) is 0 Å². The number of esters is 1. The third-order valence-electron chi connectivity index (χ3n) is 5.14. The van der Waals surface area contributed by atoms with E-state index in [-0.39, 0.29) is 18.1 Å². The van der Waals surface area contributed by atoms with Crippen molar-refractivity contribution in [1.29, 1.82) is 0 Å². The molecule has 4 heteroatoms. The van der Waals surface area contributed by atoms with E-state index in [4.69, 9.17) is 4.74 Å². The van der Waals surface area contributed by atoms with Gasteiger partial charge in [0.05, 0.1) is 12.6 Å². The highest BCUT2D eigenvalue weighted by atomic mass is 16.6. The van der Waals surface area contributed by atoms with Gasteiger partial charge in [-0.15, -0.1) is 0 Å². The Hall–Kier alpha value is -2.17. The van der Waals surface area contributed by atoms with Crippen LogP contribution in [0.1, 0.15) is 44.9 Å². The van der Waals surface area contributed by atoms with Gasteiger partial charge in [0.15, 0.2) is 0 Å². The monoisotopic (exact) mass is 380 g/mol. The second kappa shape index (κ2) is 8.89. The Balaban J connectivity index is 1.72. The third-order valence-corrected chi connectivity index (χ3v) is 5.14. The number of benzene rings is 2. The highest BCUT2D eigenvalue weighted by molar-refractivity contribution is 5.72. The predicted molar refractivity (Wildman–Crippen MR) is 113 cm³/mol. The van der Waals surface area contributed by atoms with E-state index in [1.807, 2.05) is 20.8 Å². The highest BCUT2D eigenvalue weighted by Crippen LogP contribution is 2.30. The molecule has 0 amide bonds. The van der Waals surface area contributed by atoms with Crippen molar-refractivity contribution >= 4 is 5.97 Å². The average molecular weight is 381 g/mol. The minimum Gasteiger partial charge on any atom is -0.459 e. The maximum absolute atomic E-state index is 12.3. The van der Waals surface area contributed by atoms with Crippen LogP contribution in [0.4, 0.5) is 0 Å². The molecule has 2 aromatic rings. The molecule has 1 aliphatic heterocycles. The highest BCUT2D eigenvalue weighted by Gasteiger charge is 2.31. The third kappa shape index (κ3) is 5.43. The van der Waals surface area contributed by atoms with E-state index >= 15 is 0 Å². The molecule has 0 saturated carbocycles. The quantitative estimate of drug-likeness (QED) is 0.731. The van der Waals surface area contributed by atoms with Crippen molar-refractivity contribution < 1.29 is 9.53 Å². The van der Waals surface area contributed by atoms with Crippen molar-refractivity contribution in [2.24, 2.45) is 0 Å². The summed E-state index contributed by atoms with van der Waals surface area (Å²) in [5.74, 6) is -0.143. The molecule has 0 radical (unpaired) electrons. The zero-order valence-electron chi connectivity index (χ0n) is 17.5. The summed E-state index contributed by atoms with van der Waals surface area (Å²) in [6.45, 7) is 11.0. The molecular weight excluding hydrogens is 348 g/mol. The van der Waals surface area contributed by atoms with Crippen LogP contribution in [0.15, 0.2) is 60.7 Å². The van der Waals surface area contributed by atoms with Crippen LogP contribution in [0.5, 0.6) is 0 Å². The Bertz CT molecular complexity index is 716. The van der Waals surface area contributed by atoms with Crippen molar-refractivity contribution in [2.75, 3.05) is 26.2 Å². The second-order valence-corrected chi connectivity index (χ2v) is 8.62. The van der Waals surface area contributed by atoms with Gasteiger partial charge in [-0.1, -0.05) is 60.7 Å². The van der Waals surface area contributed by atoms with Crippen LogP contribution in [0, 0.1) is 0 Å². The molecular formula is C24H32N2O2. The summed E-state index contributed by atoms with van der Waals surface area (Å²) in [6.07, 6.45) is 0. The van der Waals surface area contributed by atoms with Gasteiger partial charge in [0.1, 0.15) is 5.60 Å². The maximum Gasteiger partial charge on any atom is 0.320 e. The molecule has 1 unspecified atom stereocenters. The molecule has 28 heavy (non-hydrogen) atoms. The Morgan fingerprint density at radius 1 is 1.00 bits per heavy atom. The summed E-state index contributed by atoms with van der Waals surface area (Å²) >= 11 is 0. The molecule has 150 valence electrons. The van der Waals surface area contributed by atoms with Gasteiger partial charge in [0.2, 0.25) is 0 Å². The van der Waals surface area contributed by atoms with Gasteiger partial charge in [-0.2, -0.15) is 0 Å². The number of hydrogen-bond donors (Lipinski definition) is 0. The molecule has 0 spiro atoms. The summed E-state index contributed by atoms with van der Waals surface area (Å²) in [4.78, 5) is 17.0. The molecule has 0 aliphatic carbocycles. The average Bonchev–Trinajstić information content (AvgIpc) is 2.64. The van der Waals surface area contributed by atoms with E-state index in [1.54, 1.807) is 0 Å². The van der Waals surface area contributed by atoms with Crippen LogP contribution in [-0.4, -0.2) is 53.6 Å². The fraction of sp³-hybridized carbons (Fsp3) is 0.458. The van der Waals surface area contributed by atoms with Gasteiger partial charge in [-0.05, 0) is 38.8 Å². The van der Waals surface area contributed by atoms with Crippen LogP contribution >= 0.6 is 0 Å². The summed E-state index contributed by atoms with van der Waals surface area (Å²) in [6, 6.07) is 21.9. The zero-order chi connectivity index (χ0) is 20.1. The number of hydrogen-bond acceptors (Lipinski definition) is 4. The number of ether oxygens (including phenoxy) is 1. The molecule has 0 bridgehead atoms. The number of carbonyl (C=O) groups is 1. The van der Waals surface area contributed by atoms with Crippen molar-refractivity contribution in [2.45, 2.75) is 45.4 Å². The Kier molecular flexibility index (Phi) is 6.53. The smallest absolute Gasteiger partial charge is 0.320 e. The minimum absolute atomic E-state index is 0.143. The predicted octanol–water partition coefficient (Wildman–Crippen LogP) is 4.12. The Morgan fingerprint density at radius 3 is 2.00 bits per heavy atom. The van der Waals surface area contributed by atoms with Gasteiger partial charge < -0.3 is 4.74 Å². The largest absolute Gasteiger partial charge is 0.459 e. The van der Waals surface area contributed by atoms with E-state index in [0.29, 0.717) is 6.54 Å².